The Morgan fingerprint density at radius 3 is 2.56 bits per heavy atom. The molecule has 0 saturated heterocycles. The predicted octanol–water partition coefficient (Wildman–Crippen LogP) is 2.95. The van der Waals surface area contributed by atoms with Gasteiger partial charge in [0.25, 0.3) is 0 Å². The van der Waals surface area contributed by atoms with Crippen LogP contribution in [0.2, 0.25) is 0 Å². The van der Waals surface area contributed by atoms with Gasteiger partial charge in [0, 0.05) is 41.5 Å². The standard InChI is InChI=1S/C22H22FNO3/c1-2-14-9-18-16(10-22(26)27-21(18)11-20(14)25)13-24(17-7-8-17)12-15-5-3-4-6-19(15)23/h3-6,9-11,17,25H,2,7-8,12-13H2,1H3/p+1. The minimum Gasteiger partial charge on any atom is -0.508 e. The first-order chi connectivity index (χ1) is 13.0. The van der Waals surface area contributed by atoms with Gasteiger partial charge < -0.3 is 14.4 Å². The molecule has 140 valence electrons. The van der Waals surface area contributed by atoms with Gasteiger partial charge in [-0.25, -0.2) is 9.18 Å². The van der Waals surface area contributed by atoms with Crippen LogP contribution < -0.4 is 10.5 Å². The first-order valence-electron chi connectivity index (χ1n) is 9.41. The molecule has 2 N–H and O–H groups in total. The molecule has 2 aromatic carbocycles. The molecule has 1 fully saturated rings. The van der Waals surface area contributed by atoms with Gasteiger partial charge in [-0.15, -0.1) is 0 Å². The van der Waals surface area contributed by atoms with Crippen molar-refractivity contribution >= 4 is 11.0 Å². The number of phenols is 1. The molecule has 1 atom stereocenters. The van der Waals surface area contributed by atoms with Crippen molar-refractivity contribution < 1.29 is 18.8 Å². The summed E-state index contributed by atoms with van der Waals surface area (Å²) in [6.45, 7) is 3.17. The Hall–Kier alpha value is -2.66. The van der Waals surface area contributed by atoms with Crippen molar-refractivity contribution in [1.82, 2.24) is 0 Å². The lowest BCUT2D eigenvalue weighted by Crippen LogP contribution is -3.10. The molecule has 1 aliphatic carbocycles. The number of phenolic OH excluding ortho intramolecular Hbond substituents is 1. The van der Waals surface area contributed by atoms with Gasteiger partial charge >= 0.3 is 5.63 Å². The fourth-order valence-electron chi connectivity index (χ4n) is 3.71. The Kier molecular flexibility index (Phi) is 4.70. The first-order valence-corrected chi connectivity index (χ1v) is 9.41. The van der Waals surface area contributed by atoms with Crippen molar-refractivity contribution in [3.05, 3.63) is 75.4 Å². The van der Waals surface area contributed by atoms with Crippen LogP contribution in [-0.4, -0.2) is 11.1 Å². The molecule has 1 saturated carbocycles. The van der Waals surface area contributed by atoms with Crippen LogP contribution in [0.5, 0.6) is 5.75 Å². The van der Waals surface area contributed by atoms with Crippen LogP contribution in [0.25, 0.3) is 11.0 Å². The predicted molar refractivity (Wildman–Crippen MR) is 101 cm³/mol. The quantitative estimate of drug-likeness (QED) is 0.658. The van der Waals surface area contributed by atoms with Crippen LogP contribution in [0, 0.1) is 5.82 Å². The molecule has 0 amide bonds. The van der Waals surface area contributed by atoms with Gasteiger partial charge in [-0.3, -0.25) is 0 Å². The molecule has 1 unspecified atom stereocenters. The van der Waals surface area contributed by atoms with E-state index in [0.717, 1.165) is 29.4 Å². The Bertz CT molecular complexity index is 1040. The van der Waals surface area contributed by atoms with E-state index in [1.807, 2.05) is 25.1 Å². The molecular formula is C22H23FNO3+. The largest absolute Gasteiger partial charge is 0.508 e. The van der Waals surface area contributed by atoms with Gasteiger partial charge in [0.2, 0.25) is 0 Å². The van der Waals surface area contributed by atoms with Crippen molar-refractivity contribution in [2.45, 2.75) is 45.3 Å². The first kappa shape index (κ1) is 17.7. The summed E-state index contributed by atoms with van der Waals surface area (Å²) in [6, 6.07) is 12.3. The second-order valence-corrected chi connectivity index (χ2v) is 7.30. The Balaban J connectivity index is 1.72. The highest BCUT2D eigenvalue weighted by Crippen LogP contribution is 2.27. The maximum absolute atomic E-state index is 14.1. The summed E-state index contributed by atoms with van der Waals surface area (Å²) < 4.78 is 19.4. The summed E-state index contributed by atoms with van der Waals surface area (Å²) >= 11 is 0. The van der Waals surface area contributed by atoms with E-state index in [4.69, 9.17) is 4.42 Å². The normalized spacial score (nSPS) is 15.2. The van der Waals surface area contributed by atoms with E-state index >= 15 is 0 Å². The average Bonchev–Trinajstić information content (AvgIpc) is 3.47. The minimum absolute atomic E-state index is 0.142. The van der Waals surface area contributed by atoms with Crippen LogP contribution in [0.4, 0.5) is 4.39 Å². The van der Waals surface area contributed by atoms with Gasteiger partial charge in [-0.2, -0.15) is 0 Å². The lowest BCUT2D eigenvalue weighted by atomic mass is 10.0. The van der Waals surface area contributed by atoms with E-state index in [9.17, 15) is 14.3 Å². The number of benzene rings is 2. The van der Waals surface area contributed by atoms with E-state index in [1.54, 1.807) is 6.07 Å². The van der Waals surface area contributed by atoms with Crippen molar-refractivity contribution in [3.63, 3.8) is 0 Å². The third-order valence-electron chi connectivity index (χ3n) is 5.36. The lowest BCUT2D eigenvalue weighted by molar-refractivity contribution is -0.938. The van der Waals surface area contributed by atoms with E-state index in [2.05, 4.69) is 0 Å². The van der Waals surface area contributed by atoms with E-state index in [0.29, 0.717) is 36.7 Å². The number of aryl methyl sites for hydroxylation is 1. The smallest absolute Gasteiger partial charge is 0.336 e. The van der Waals surface area contributed by atoms with Gasteiger partial charge in [0.05, 0.1) is 6.04 Å². The number of quaternary nitrogens is 1. The van der Waals surface area contributed by atoms with Gasteiger partial charge in [0.15, 0.2) is 0 Å². The van der Waals surface area contributed by atoms with E-state index < -0.39 is 5.63 Å². The summed E-state index contributed by atoms with van der Waals surface area (Å²) in [4.78, 5) is 13.3. The zero-order valence-electron chi connectivity index (χ0n) is 15.3. The zero-order chi connectivity index (χ0) is 19.0. The molecule has 1 aromatic heterocycles. The van der Waals surface area contributed by atoms with Gasteiger partial charge in [-0.1, -0.05) is 25.1 Å². The Morgan fingerprint density at radius 1 is 1.11 bits per heavy atom. The van der Waals surface area contributed by atoms with Crippen molar-refractivity contribution in [3.8, 4) is 5.75 Å². The van der Waals surface area contributed by atoms with E-state index in [1.165, 1.54) is 23.1 Å². The number of rotatable bonds is 6. The second kappa shape index (κ2) is 7.16. The van der Waals surface area contributed by atoms with Crippen molar-refractivity contribution in [1.29, 1.82) is 0 Å². The minimum atomic E-state index is -0.429. The molecule has 0 aliphatic heterocycles. The molecule has 1 aliphatic rings. The third-order valence-corrected chi connectivity index (χ3v) is 5.36. The van der Waals surface area contributed by atoms with Crippen LogP contribution in [0.15, 0.2) is 51.7 Å². The Labute approximate surface area is 156 Å². The monoisotopic (exact) mass is 368 g/mol. The molecule has 4 nitrogen and oxygen atoms in total. The van der Waals surface area contributed by atoms with Crippen LogP contribution in [0.1, 0.15) is 36.5 Å². The number of fused-ring (bicyclic) bond motifs is 1. The molecule has 0 spiro atoms. The summed E-state index contributed by atoms with van der Waals surface area (Å²) in [6.07, 6.45) is 2.92. The molecule has 4 rings (SSSR count). The molecular weight excluding hydrogens is 345 g/mol. The zero-order valence-corrected chi connectivity index (χ0v) is 15.3. The van der Waals surface area contributed by atoms with Gasteiger partial charge in [0.1, 0.15) is 30.2 Å². The SMILES string of the molecule is CCc1cc2c(C[NH+](Cc3ccccc3F)C3CC3)cc(=O)oc2cc1O. The second-order valence-electron chi connectivity index (χ2n) is 7.30. The average molecular weight is 368 g/mol. The summed E-state index contributed by atoms with van der Waals surface area (Å²) in [5, 5.41) is 10.9. The van der Waals surface area contributed by atoms with Crippen molar-refractivity contribution in [2.24, 2.45) is 0 Å². The van der Waals surface area contributed by atoms with Crippen LogP contribution in [-0.2, 0) is 19.5 Å². The Morgan fingerprint density at radius 2 is 1.85 bits per heavy atom. The topological polar surface area (TPSA) is 54.9 Å². The number of hydrogen-bond acceptors (Lipinski definition) is 3. The summed E-state index contributed by atoms with van der Waals surface area (Å²) in [5.41, 5.74) is 2.36. The molecule has 27 heavy (non-hydrogen) atoms. The van der Waals surface area contributed by atoms with Crippen LogP contribution >= 0.6 is 0 Å². The third kappa shape index (κ3) is 3.74. The summed E-state index contributed by atoms with van der Waals surface area (Å²) in [5.74, 6) is -0.0469. The van der Waals surface area contributed by atoms with Gasteiger partial charge in [-0.05, 0) is 24.1 Å². The number of halogens is 1. The maximum Gasteiger partial charge on any atom is 0.336 e. The number of hydrogen-bond donors (Lipinski definition) is 2. The lowest BCUT2D eigenvalue weighted by Gasteiger charge is -2.20. The number of aromatic hydroxyl groups is 1. The van der Waals surface area contributed by atoms with E-state index in [-0.39, 0.29) is 11.6 Å². The van der Waals surface area contributed by atoms with Crippen molar-refractivity contribution in [2.75, 3.05) is 0 Å². The fraction of sp³-hybridized carbons (Fsp3) is 0.318. The highest BCUT2D eigenvalue weighted by molar-refractivity contribution is 5.82. The fourth-order valence-corrected chi connectivity index (χ4v) is 3.71. The summed E-state index contributed by atoms with van der Waals surface area (Å²) in [7, 11) is 0. The van der Waals surface area contributed by atoms with Crippen LogP contribution in [0.3, 0.4) is 0 Å². The molecule has 0 radical (unpaired) electrons. The molecule has 5 heteroatoms. The molecule has 3 aromatic rings. The number of nitrogens with one attached hydrogen (secondary N) is 1. The highest BCUT2D eigenvalue weighted by atomic mass is 19.1. The molecule has 0 bridgehead atoms. The maximum atomic E-state index is 14.1. The molecule has 1 heterocycles. The highest BCUT2D eigenvalue weighted by Gasteiger charge is 2.34.